The Morgan fingerprint density at radius 2 is 1.79 bits per heavy atom. The lowest BCUT2D eigenvalue weighted by Gasteiger charge is -2.04. The number of pyridine rings is 1. The summed E-state index contributed by atoms with van der Waals surface area (Å²) in [6.45, 7) is 0. The average Bonchev–Trinajstić information content (AvgIpc) is 2.96. The molecule has 0 aliphatic rings. The molecule has 4 rings (SSSR count). The third-order valence-electron chi connectivity index (χ3n) is 3.83. The Balaban J connectivity index is 1.94. The summed E-state index contributed by atoms with van der Waals surface area (Å²) in [5.74, 6) is 1.16. The van der Waals surface area contributed by atoms with Gasteiger partial charge in [0.05, 0.1) is 33.8 Å². The molecule has 2 heterocycles. The monoisotopic (exact) mass is 359 g/mol. The van der Waals surface area contributed by atoms with Crippen LogP contribution in [-0.4, -0.2) is 22.1 Å². The molecule has 5 nitrogen and oxygen atoms in total. The van der Waals surface area contributed by atoms with Crippen LogP contribution in [-0.2, 0) is 0 Å². The molecule has 2 N–H and O–H groups in total. The minimum atomic E-state index is -0.232. The second kappa shape index (κ2) is 5.54. The maximum absolute atomic E-state index is 12.4. The van der Waals surface area contributed by atoms with Crippen molar-refractivity contribution in [1.29, 1.82) is 0 Å². The van der Waals surface area contributed by atoms with Crippen LogP contribution in [0.1, 0.15) is 0 Å². The molecule has 120 valence electrons. The minimum absolute atomic E-state index is 0.232. The Labute approximate surface area is 146 Å². The van der Waals surface area contributed by atoms with Crippen molar-refractivity contribution in [1.82, 2.24) is 15.0 Å². The van der Waals surface area contributed by atoms with Crippen molar-refractivity contribution in [3.8, 4) is 17.1 Å². The zero-order valence-corrected chi connectivity index (χ0v) is 14.0. The lowest BCUT2D eigenvalue weighted by molar-refractivity contribution is 0.415. The zero-order valence-electron chi connectivity index (χ0n) is 12.5. The summed E-state index contributed by atoms with van der Waals surface area (Å²) >= 11 is 12.0. The topological polar surface area (TPSA) is 70.8 Å². The fourth-order valence-corrected chi connectivity index (χ4v) is 2.94. The second-order valence-electron chi connectivity index (χ2n) is 5.33. The van der Waals surface area contributed by atoms with Gasteiger partial charge in [-0.15, -0.1) is 0 Å². The van der Waals surface area contributed by atoms with Gasteiger partial charge in [0.1, 0.15) is 11.6 Å². The number of H-pyrrole nitrogens is 2. The fraction of sp³-hybridized carbons (Fsp3) is 0.0588. The SMILES string of the molecule is COc1ccc2[nH]c(=O)c(-c3nc4cc(Cl)c(Cl)cc4[nH]3)cc2c1. The lowest BCUT2D eigenvalue weighted by Crippen LogP contribution is -2.09. The van der Waals surface area contributed by atoms with Crippen LogP contribution in [0.15, 0.2) is 41.2 Å². The predicted octanol–water partition coefficient (Wildman–Crippen LogP) is 4.39. The Bertz CT molecular complexity index is 1110. The summed E-state index contributed by atoms with van der Waals surface area (Å²) in [6.07, 6.45) is 0. The highest BCUT2D eigenvalue weighted by Crippen LogP contribution is 2.29. The van der Waals surface area contributed by atoms with Crippen molar-refractivity contribution in [2.45, 2.75) is 0 Å². The third kappa shape index (κ3) is 2.42. The highest BCUT2D eigenvalue weighted by atomic mass is 35.5. The van der Waals surface area contributed by atoms with Crippen LogP contribution in [0.2, 0.25) is 10.0 Å². The molecule has 0 aliphatic carbocycles. The van der Waals surface area contributed by atoms with E-state index in [4.69, 9.17) is 27.9 Å². The van der Waals surface area contributed by atoms with Gasteiger partial charge in [0.2, 0.25) is 0 Å². The summed E-state index contributed by atoms with van der Waals surface area (Å²) < 4.78 is 5.23. The highest BCUT2D eigenvalue weighted by molar-refractivity contribution is 6.42. The first-order valence-electron chi connectivity index (χ1n) is 7.11. The Morgan fingerprint density at radius 1 is 1.00 bits per heavy atom. The van der Waals surface area contributed by atoms with Crippen LogP contribution in [0.5, 0.6) is 5.75 Å². The van der Waals surface area contributed by atoms with E-state index in [1.807, 2.05) is 6.07 Å². The highest BCUT2D eigenvalue weighted by Gasteiger charge is 2.12. The molecule has 0 unspecified atom stereocenters. The standard InChI is InChI=1S/C17H11Cl2N3O2/c1-24-9-2-3-13-8(4-9)5-10(17(23)22-13)16-20-14-6-11(18)12(19)7-15(14)21-16/h2-7H,1H3,(H,20,21)(H,22,23). The summed E-state index contributed by atoms with van der Waals surface area (Å²) in [5, 5.41) is 1.69. The average molecular weight is 360 g/mol. The van der Waals surface area contributed by atoms with E-state index in [0.29, 0.717) is 38.2 Å². The molecule has 2 aromatic carbocycles. The van der Waals surface area contributed by atoms with Crippen LogP contribution in [0.25, 0.3) is 33.3 Å². The van der Waals surface area contributed by atoms with E-state index in [2.05, 4.69) is 15.0 Å². The van der Waals surface area contributed by atoms with E-state index in [-0.39, 0.29) is 5.56 Å². The number of rotatable bonds is 2. The number of fused-ring (bicyclic) bond motifs is 2. The van der Waals surface area contributed by atoms with Crippen molar-refractivity contribution in [2.75, 3.05) is 7.11 Å². The fourth-order valence-electron chi connectivity index (χ4n) is 2.62. The third-order valence-corrected chi connectivity index (χ3v) is 4.55. The Kier molecular flexibility index (Phi) is 3.48. The number of nitrogens with one attached hydrogen (secondary N) is 2. The van der Waals surface area contributed by atoms with Crippen molar-refractivity contribution >= 4 is 45.1 Å². The van der Waals surface area contributed by atoms with Gasteiger partial charge in [0, 0.05) is 10.9 Å². The predicted molar refractivity (Wildman–Crippen MR) is 96.2 cm³/mol. The molecule has 0 fully saturated rings. The van der Waals surface area contributed by atoms with Gasteiger partial charge in [-0.1, -0.05) is 23.2 Å². The van der Waals surface area contributed by atoms with Gasteiger partial charge in [0.25, 0.3) is 5.56 Å². The van der Waals surface area contributed by atoms with Crippen LogP contribution in [0, 0.1) is 0 Å². The van der Waals surface area contributed by atoms with Gasteiger partial charge >= 0.3 is 0 Å². The molecule has 2 aromatic heterocycles. The number of methoxy groups -OCH3 is 1. The van der Waals surface area contributed by atoms with Crippen molar-refractivity contribution in [3.63, 3.8) is 0 Å². The molecule has 24 heavy (non-hydrogen) atoms. The Morgan fingerprint density at radius 3 is 2.58 bits per heavy atom. The van der Waals surface area contributed by atoms with E-state index in [1.54, 1.807) is 37.4 Å². The summed E-state index contributed by atoms with van der Waals surface area (Å²) in [7, 11) is 1.60. The van der Waals surface area contributed by atoms with Crippen molar-refractivity contribution in [3.05, 3.63) is 56.8 Å². The molecule has 0 bridgehead atoms. The molecule has 0 spiro atoms. The Hall–Kier alpha value is -2.50. The van der Waals surface area contributed by atoms with Crippen molar-refractivity contribution < 1.29 is 4.74 Å². The molecule has 0 saturated carbocycles. The maximum Gasteiger partial charge on any atom is 0.259 e. The van der Waals surface area contributed by atoms with Gasteiger partial charge in [-0.2, -0.15) is 0 Å². The number of nitrogens with zero attached hydrogens (tertiary/aromatic N) is 1. The summed E-state index contributed by atoms with van der Waals surface area (Å²) in [6, 6.07) is 10.6. The van der Waals surface area contributed by atoms with Crippen LogP contribution in [0.3, 0.4) is 0 Å². The van der Waals surface area contributed by atoms with Gasteiger partial charge in [-0.3, -0.25) is 4.79 Å². The van der Waals surface area contributed by atoms with Crippen LogP contribution in [0.4, 0.5) is 0 Å². The lowest BCUT2D eigenvalue weighted by atomic mass is 10.1. The normalized spacial score (nSPS) is 11.3. The molecule has 7 heteroatoms. The minimum Gasteiger partial charge on any atom is -0.497 e. The number of hydrogen-bond donors (Lipinski definition) is 2. The van der Waals surface area contributed by atoms with E-state index in [9.17, 15) is 4.79 Å². The van der Waals surface area contributed by atoms with E-state index in [1.165, 1.54) is 0 Å². The maximum atomic E-state index is 12.4. The van der Waals surface area contributed by atoms with E-state index >= 15 is 0 Å². The van der Waals surface area contributed by atoms with Gasteiger partial charge in [-0.25, -0.2) is 4.98 Å². The molecular formula is C17H11Cl2N3O2. The first-order valence-corrected chi connectivity index (χ1v) is 7.87. The first kappa shape index (κ1) is 15.1. The smallest absolute Gasteiger partial charge is 0.259 e. The zero-order chi connectivity index (χ0) is 16.8. The number of aromatic nitrogens is 3. The molecule has 0 amide bonds. The number of imidazole rings is 1. The number of benzene rings is 2. The van der Waals surface area contributed by atoms with Crippen molar-refractivity contribution in [2.24, 2.45) is 0 Å². The van der Waals surface area contributed by atoms with Crippen LogP contribution < -0.4 is 10.3 Å². The molecular weight excluding hydrogens is 349 g/mol. The number of halogens is 2. The second-order valence-corrected chi connectivity index (χ2v) is 6.15. The van der Waals surface area contributed by atoms with Gasteiger partial charge in [-0.05, 0) is 36.4 Å². The van der Waals surface area contributed by atoms with Gasteiger partial charge < -0.3 is 14.7 Å². The number of ether oxygens (including phenoxy) is 1. The van der Waals surface area contributed by atoms with E-state index in [0.717, 1.165) is 10.9 Å². The quantitative estimate of drug-likeness (QED) is 0.557. The summed E-state index contributed by atoms with van der Waals surface area (Å²) in [5.41, 5.74) is 2.28. The molecule has 4 aromatic rings. The summed E-state index contributed by atoms with van der Waals surface area (Å²) in [4.78, 5) is 22.8. The van der Waals surface area contributed by atoms with Crippen LogP contribution >= 0.6 is 23.2 Å². The number of hydrogen-bond acceptors (Lipinski definition) is 3. The molecule has 0 atom stereocenters. The van der Waals surface area contributed by atoms with E-state index < -0.39 is 0 Å². The molecule has 0 aliphatic heterocycles. The molecule has 0 radical (unpaired) electrons. The number of aromatic amines is 2. The first-order chi connectivity index (χ1) is 11.5. The largest absolute Gasteiger partial charge is 0.497 e. The molecule has 0 saturated heterocycles. The van der Waals surface area contributed by atoms with Gasteiger partial charge in [0.15, 0.2) is 0 Å².